The van der Waals surface area contributed by atoms with Gasteiger partial charge in [-0.05, 0) is 66.8 Å². The number of halogens is 1. The first-order valence-electron chi connectivity index (χ1n) is 13.1. The fourth-order valence-electron chi connectivity index (χ4n) is 6.05. The zero-order valence-electron chi connectivity index (χ0n) is 21.7. The summed E-state index contributed by atoms with van der Waals surface area (Å²) in [5, 5.41) is 13.5. The Morgan fingerprint density at radius 3 is 2.66 bits per heavy atom. The van der Waals surface area contributed by atoms with Crippen molar-refractivity contribution in [3.63, 3.8) is 0 Å². The van der Waals surface area contributed by atoms with E-state index in [2.05, 4.69) is 11.4 Å². The summed E-state index contributed by atoms with van der Waals surface area (Å²) >= 11 is 6.09. The second-order valence-corrected chi connectivity index (χ2v) is 11.0. The Morgan fingerprint density at radius 2 is 1.95 bits per heavy atom. The number of nitrogens with two attached hydrogens (primary N) is 1. The number of carboxylic acid groups (broad SMARTS) is 1. The number of hydrogen-bond donors (Lipinski definition) is 3. The van der Waals surface area contributed by atoms with E-state index in [9.17, 15) is 19.5 Å². The van der Waals surface area contributed by atoms with Crippen molar-refractivity contribution in [2.75, 3.05) is 26.8 Å². The van der Waals surface area contributed by atoms with Gasteiger partial charge in [0.15, 0.2) is 0 Å². The molecular formula is C29H36ClN3O5. The number of ether oxygens (including phenoxy) is 1. The van der Waals surface area contributed by atoms with Gasteiger partial charge in [-0.2, -0.15) is 0 Å². The van der Waals surface area contributed by atoms with Gasteiger partial charge in [-0.3, -0.25) is 14.4 Å². The summed E-state index contributed by atoms with van der Waals surface area (Å²) in [4.78, 5) is 40.7. The number of piperidine rings is 1. The highest BCUT2D eigenvalue weighted by atomic mass is 35.5. The molecule has 2 unspecified atom stereocenters. The van der Waals surface area contributed by atoms with Crippen molar-refractivity contribution in [3.8, 4) is 0 Å². The van der Waals surface area contributed by atoms with Crippen molar-refractivity contribution in [1.82, 2.24) is 10.2 Å². The molecular weight excluding hydrogens is 506 g/mol. The van der Waals surface area contributed by atoms with Crippen LogP contribution in [0.15, 0.2) is 48.5 Å². The van der Waals surface area contributed by atoms with E-state index in [0.717, 1.165) is 24.0 Å². The largest absolute Gasteiger partial charge is 0.481 e. The number of carbonyl (C=O) groups is 3. The van der Waals surface area contributed by atoms with Crippen LogP contribution in [0.4, 0.5) is 0 Å². The molecule has 0 bridgehead atoms. The molecule has 0 aromatic heterocycles. The van der Waals surface area contributed by atoms with Crippen LogP contribution in [0.3, 0.4) is 0 Å². The molecule has 1 aliphatic carbocycles. The standard InChI is InChI=1S/C29H36ClN3O5/c1-38-17-25(31)27(36)32-29(16-19-7-10-21(30)11-8-19)13-4-14-33(18-29)28(37)24(15-26(34)35)23-12-9-20-5-2-3-6-22(20)23/h2-3,5-8,10-11,23-25H,4,9,12-18,31H2,1H3,(H,32,36)(H,34,35)/t23-,24-,25?,29?/m0/s1. The minimum atomic E-state index is -0.990. The van der Waals surface area contributed by atoms with Crippen LogP contribution in [0.2, 0.25) is 5.02 Å². The Kier molecular flexibility index (Phi) is 9.07. The number of carboxylic acids is 1. The number of nitrogens with one attached hydrogen (secondary N) is 1. The molecule has 1 heterocycles. The minimum Gasteiger partial charge on any atom is -0.481 e. The smallest absolute Gasteiger partial charge is 0.304 e. The molecule has 9 heteroatoms. The molecule has 4 N–H and O–H groups in total. The van der Waals surface area contributed by atoms with Crippen LogP contribution in [0.1, 0.15) is 48.3 Å². The molecule has 1 saturated heterocycles. The Bertz CT molecular complexity index is 1160. The second-order valence-electron chi connectivity index (χ2n) is 10.5. The summed E-state index contributed by atoms with van der Waals surface area (Å²) in [6.45, 7) is 0.851. The van der Waals surface area contributed by atoms with Gasteiger partial charge in [0.2, 0.25) is 11.8 Å². The molecule has 1 fully saturated rings. The SMILES string of the molecule is COCC(N)C(=O)NC1(Cc2ccc(Cl)cc2)CCCN(C(=O)[C@@H](CC(=O)O)[C@H]2CCc3ccccc32)C1. The molecule has 4 rings (SSSR count). The number of hydrogen-bond acceptors (Lipinski definition) is 5. The van der Waals surface area contributed by atoms with Crippen molar-refractivity contribution < 1.29 is 24.2 Å². The predicted molar refractivity (Wildman–Crippen MR) is 145 cm³/mol. The van der Waals surface area contributed by atoms with E-state index in [1.807, 2.05) is 30.3 Å². The van der Waals surface area contributed by atoms with E-state index < -0.39 is 23.5 Å². The van der Waals surface area contributed by atoms with Gasteiger partial charge in [0.05, 0.1) is 24.5 Å². The van der Waals surface area contributed by atoms with Crippen molar-refractivity contribution in [3.05, 3.63) is 70.2 Å². The molecule has 0 radical (unpaired) electrons. The number of carbonyl (C=O) groups excluding carboxylic acids is 2. The lowest BCUT2D eigenvalue weighted by Crippen LogP contribution is -2.64. The first-order chi connectivity index (χ1) is 18.2. The van der Waals surface area contributed by atoms with Gasteiger partial charge >= 0.3 is 5.97 Å². The second kappa shape index (κ2) is 12.3. The summed E-state index contributed by atoms with van der Waals surface area (Å²) < 4.78 is 5.07. The molecule has 1 aliphatic heterocycles. The third-order valence-electron chi connectivity index (χ3n) is 7.79. The Hall–Kier alpha value is -2.94. The third kappa shape index (κ3) is 6.54. The normalized spacial score (nSPS) is 22.4. The zero-order valence-corrected chi connectivity index (χ0v) is 22.5. The lowest BCUT2D eigenvalue weighted by molar-refractivity contribution is -0.147. The predicted octanol–water partition coefficient (Wildman–Crippen LogP) is 3.15. The first-order valence-corrected chi connectivity index (χ1v) is 13.5. The topological polar surface area (TPSA) is 122 Å². The monoisotopic (exact) mass is 541 g/mol. The maximum atomic E-state index is 14.0. The van der Waals surface area contributed by atoms with Crippen LogP contribution < -0.4 is 11.1 Å². The number of nitrogens with zero attached hydrogens (tertiary/aromatic N) is 1. The van der Waals surface area contributed by atoms with Gasteiger partial charge in [0.1, 0.15) is 6.04 Å². The number of likely N-dealkylation sites (tertiary alicyclic amines) is 1. The Labute approximate surface area is 228 Å². The van der Waals surface area contributed by atoms with E-state index in [0.29, 0.717) is 30.8 Å². The van der Waals surface area contributed by atoms with Crippen molar-refractivity contribution in [1.29, 1.82) is 0 Å². The third-order valence-corrected chi connectivity index (χ3v) is 8.04. The molecule has 0 saturated carbocycles. The number of fused-ring (bicyclic) bond motifs is 1. The molecule has 2 aliphatic rings. The van der Waals surface area contributed by atoms with Gasteiger partial charge in [-0.1, -0.05) is 48.0 Å². The van der Waals surface area contributed by atoms with Gasteiger partial charge in [-0.25, -0.2) is 0 Å². The summed E-state index contributed by atoms with van der Waals surface area (Å²) in [5.41, 5.74) is 8.49. The average Bonchev–Trinajstić information content (AvgIpc) is 3.32. The zero-order chi connectivity index (χ0) is 27.3. The van der Waals surface area contributed by atoms with E-state index in [4.69, 9.17) is 22.1 Å². The number of benzene rings is 2. The molecule has 2 aromatic rings. The van der Waals surface area contributed by atoms with Crippen molar-refractivity contribution in [2.45, 2.75) is 56.0 Å². The molecule has 4 atom stereocenters. The maximum absolute atomic E-state index is 14.0. The highest BCUT2D eigenvalue weighted by Crippen LogP contribution is 2.41. The molecule has 0 spiro atoms. The minimum absolute atomic E-state index is 0.0767. The quantitative estimate of drug-likeness (QED) is 0.425. The number of aryl methyl sites for hydroxylation is 1. The first kappa shape index (κ1) is 28.1. The molecule has 8 nitrogen and oxygen atoms in total. The average molecular weight is 542 g/mol. The van der Waals surface area contributed by atoms with Crippen molar-refractivity contribution >= 4 is 29.4 Å². The van der Waals surface area contributed by atoms with Gasteiger partial charge in [0.25, 0.3) is 0 Å². The summed E-state index contributed by atoms with van der Waals surface area (Å²) in [6.07, 6.45) is 3.15. The van der Waals surface area contributed by atoms with Crippen LogP contribution in [-0.4, -0.2) is 66.2 Å². The summed E-state index contributed by atoms with van der Waals surface area (Å²) in [6, 6.07) is 14.6. The fraction of sp³-hybridized carbons (Fsp3) is 0.483. The van der Waals surface area contributed by atoms with E-state index in [1.54, 1.807) is 17.0 Å². The number of amides is 2. The van der Waals surface area contributed by atoms with E-state index >= 15 is 0 Å². The fourth-order valence-corrected chi connectivity index (χ4v) is 6.17. The number of aliphatic carboxylic acids is 1. The lowest BCUT2D eigenvalue weighted by atomic mass is 9.80. The van der Waals surface area contributed by atoms with Gasteiger partial charge in [0, 0.05) is 25.2 Å². The molecule has 2 aromatic carbocycles. The van der Waals surface area contributed by atoms with Crippen LogP contribution in [-0.2, 0) is 32.0 Å². The number of methoxy groups -OCH3 is 1. The molecule has 204 valence electrons. The molecule has 38 heavy (non-hydrogen) atoms. The van der Waals surface area contributed by atoms with E-state index in [1.165, 1.54) is 12.7 Å². The van der Waals surface area contributed by atoms with Crippen LogP contribution >= 0.6 is 11.6 Å². The Balaban J connectivity index is 1.61. The van der Waals surface area contributed by atoms with E-state index in [-0.39, 0.29) is 37.3 Å². The summed E-state index contributed by atoms with van der Waals surface area (Å²) in [5.74, 6) is -2.33. The highest BCUT2D eigenvalue weighted by Gasteiger charge is 2.43. The van der Waals surface area contributed by atoms with Crippen LogP contribution in [0.5, 0.6) is 0 Å². The van der Waals surface area contributed by atoms with Gasteiger partial charge in [-0.15, -0.1) is 0 Å². The maximum Gasteiger partial charge on any atom is 0.304 e. The lowest BCUT2D eigenvalue weighted by Gasteiger charge is -2.45. The highest BCUT2D eigenvalue weighted by molar-refractivity contribution is 6.30. The summed E-state index contributed by atoms with van der Waals surface area (Å²) in [7, 11) is 1.49. The van der Waals surface area contributed by atoms with Crippen LogP contribution in [0, 0.1) is 5.92 Å². The molecule has 2 amide bonds. The van der Waals surface area contributed by atoms with Crippen LogP contribution in [0.25, 0.3) is 0 Å². The number of rotatable bonds is 10. The Morgan fingerprint density at radius 1 is 1.21 bits per heavy atom. The van der Waals surface area contributed by atoms with Crippen molar-refractivity contribution in [2.24, 2.45) is 11.7 Å². The van der Waals surface area contributed by atoms with Gasteiger partial charge < -0.3 is 25.8 Å².